The summed E-state index contributed by atoms with van der Waals surface area (Å²) >= 11 is 6.50. The molecular formula is C22H30ClF3N4O2. The second kappa shape index (κ2) is 7.52. The van der Waals surface area contributed by atoms with E-state index in [-0.39, 0.29) is 40.5 Å². The normalized spacial score (nSPS) is 36.3. The van der Waals surface area contributed by atoms with Crippen LogP contribution in [0.25, 0.3) is 0 Å². The van der Waals surface area contributed by atoms with Gasteiger partial charge in [0.2, 0.25) is 0 Å². The number of aliphatic hydroxyl groups is 1. The van der Waals surface area contributed by atoms with Gasteiger partial charge in [0.1, 0.15) is 17.4 Å². The summed E-state index contributed by atoms with van der Waals surface area (Å²) in [7, 11) is 1.53. The average Bonchev–Trinajstić information content (AvgIpc) is 3.03. The summed E-state index contributed by atoms with van der Waals surface area (Å²) < 4.78 is 41.1. The molecule has 0 aromatic carbocycles. The van der Waals surface area contributed by atoms with Gasteiger partial charge in [-0.25, -0.2) is 0 Å². The second-order valence-corrected chi connectivity index (χ2v) is 10.9. The first kappa shape index (κ1) is 22.3. The fourth-order valence-electron chi connectivity index (χ4n) is 6.84. The van der Waals surface area contributed by atoms with Gasteiger partial charge in [-0.1, -0.05) is 18.5 Å². The largest absolute Gasteiger partial charge is 0.405 e. The molecule has 0 radical (unpaired) electrons. The van der Waals surface area contributed by atoms with Crippen molar-refractivity contribution in [3.05, 3.63) is 10.7 Å². The van der Waals surface area contributed by atoms with Gasteiger partial charge < -0.3 is 15.3 Å². The fourth-order valence-corrected chi connectivity index (χ4v) is 7.19. The number of anilines is 1. The molecule has 4 aliphatic carbocycles. The van der Waals surface area contributed by atoms with Crippen LogP contribution in [-0.2, 0) is 7.05 Å². The molecule has 5 rings (SSSR count). The predicted molar refractivity (Wildman–Crippen MR) is 114 cm³/mol. The number of carbonyl (C=O) groups is 1. The number of hydrogen-bond donors (Lipinski definition) is 2. The first-order chi connectivity index (χ1) is 15.0. The number of nitrogens with zero attached hydrogens (tertiary/aromatic N) is 3. The highest BCUT2D eigenvalue weighted by Gasteiger charge is 2.62. The van der Waals surface area contributed by atoms with Crippen LogP contribution in [0, 0.1) is 23.7 Å². The Morgan fingerprint density at radius 2 is 2.00 bits per heavy atom. The standard InChI is InChI=1S/C22H30ClF3N4O2/c1-11-6-12-8-21(32)9-13(7-15(12)21)17(11)27-19(31)18-16(23)20(29(2)28-18)30(10-22(24,25)26)14-4-3-5-14/h11-15,17,32H,3-10H2,1-2H3,(H,27,31)/t11?,12?,13?,15?,17-,21?/m0/s1. The Morgan fingerprint density at radius 1 is 1.31 bits per heavy atom. The maximum Gasteiger partial charge on any atom is 0.405 e. The quantitative estimate of drug-likeness (QED) is 0.679. The lowest BCUT2D eigenvalue weighted by molar-refractivity contribution is -0.127. The van der Waals surface area contributed by atoms with Crippen molar-refractivity contribution in [2.24, 2.45) is 30.7 Å². The smallest absolute Gasteiger partial charge is 0.390 e. The van der Waals surface area contributed by atoms with Crippen LogP contribution in [0.2, 0.25) is 5.02 Å². The molecule has 178 valence electrons. The fraction of sp³-hybridized carbons (Fsp3) is 0.818. The van der Waals surface area contributed by atoms with Crippen LogP contribution < -0.4 is 10.2 Å². The zero-order valence-electron chi connectivity index (χ0n) is 18.3. The van der Waals surface area contributed by atoms with Gasteiger partial charge in [0.15, 0.2) is 5.69 Å². The van der Waals surface area contributed by atoms with E-state index in [1.54, 1.807) is 0 Å². The third-order valence-corrected chi connectivity index (χ3v) is 8.80. The third kappa shape index (κ3) is 3.59. The van der Waals surface area contributed by atoms with Crippen molar-refractivity contribution in [2.75, 3.05) is 11.4 Å². The highest BCUT2D eigenvalue weighted by atomic mass is 35.5. The summed E-state index contributed by atoms with van der Waals surface area (Å²) in [4.78, 5) is 14.4. The van der Waals surface area contributed by atoms with E-state index < -0.39 is 24.2 Å². The van der Waals surface area contributed by atoms with Gasteiger partial charge >= 0.3 is 6.18 Å². The van der Waals surface area contributed by atoms with Crippen LogP contribution in [0.5, 0.6) is 0 Å². The number of alkyl halides is 3. The average molecular weight is 475 g/mol. The Hall–Kier alpha value is -1.48. The van der Waals surface area contributed by atoms with Crippen LogP contribution in [0.3, 0.4) is 0 Å². The minimum Gasteiger partial charge on any atom is -0.390 e. The van der Waals surface area contributed by atoms with Crippen molar-refractivity contribution in [2.45, 2.75) is 75.7 Å². The highest BCUT2D eigenvalue weighted by molar-refractivity contribution is 6.36. The highest BCUT2D eigenvalue weighted by Crippen LogP contribution is 2.61. The minimum atomic E-state index is -4.39. The summed E-state index contributed by atoms with van der Waals surface area (Å²) in [5.74, 6) is 0.952. The van der Waals surface area contributed by atoms with E-state index in [1.165, 1.54) is 16.6 Å². The number of aromatic nitrogens is 2. The van der Waals surface area contributed by atoms with E-state index in [1.807, 2.05) is 0 Å². The Bertz CT molecular complexity index is 918. The Kier molecular flexibility index (Phi) is 5.24. The number of fused-ring (bicyclic) bond motifs is 1. The zero-order chi connectivity index (χ0) is 23.0. The van der Waals surface area contributed by atoms with Gasteiger partial charge in [0, 0.05) is 19.1 Å². The molecule has 4 aliphatic rings. The van der Waals surface area contributed by atoms with E-state index in [9.17, 15) is 23.1 Å². The molecule has 4 fully saturated rings. The van der Waals surface area contributed by atoms with E-state index >= 15 is 0 Å². The number of rotatable bonds is 5. The van der Waals surface area contributed by atoms with Crippen LogP contribution in [-0.4, -0.2) is 51.2 Å². The van der Waals surface area contributed by atoms with Crippen molar-refractivity contribution in [1.29, 1.82) is 0 Å². The predicted octanol–water partition coefficient (Wildman–Crippen LogP) is 3.91. The lowest BCUT2D eigenvalue weighted by Gasteiger charge is -2.50. The summed E-state index contributed by atoms with van der Waals surface area (Å²) in [5, 5.41) is 18.1. The van der Waals surface area contributed by atoms with Crippen LogP contribution >= 0.6 is 11.6 Å². The first-order valence-corrected chi connectivity index (χ1v) is 11.9. The summed E-state index contributed by atoms with van der Waals surface area (Å²) in [5.41, 5.74) is -0.625. The molecule has 0 saturated heterocycles. The van der Waals surface area contributed by atoms with Crippen LogP contribution in [0.4, 0.5) is 19.0 Å². The van der Waals surface area contributed by atoms with E-state index in [4.69, 9.17) is 11.6 Å². The van der Waals surface area contributed by atoms with Gasteiger partial charge in [0.25, 0.3) is 5.91 Å². The van der Waals surface area contributed by atoms with Crippen molar-refractivity contribution in [3.8, 4) is 0 Å². The lowest BCUT2D eigenvalue weighted by atomic mass is 9.60. The van der Waals surface area contributed by atoms with Crippen molar-refractivity contribution in [1.82, 2.24) is 15.1 Å². The van der Waals surface area contributed by atoms with Gasteiger partial charge in [-0.3, -0.25) is 9.48 Å². The maximum absolute atomic E-state index is 13.3. The molecule has 2 bridgehead atoms. The van der Waals surface area contributed by atoms with Crippen LogP contribution in [0.1, 0.15) is 62.4 Å². The minimum absolute atomic E-state index is 0.0341. The summed E-state index contributed by atoms with van der Waals surface area (Å²) in [6.45, 7) is 0.997. The van der Waals surface area contributed by atoms with Gasteiger partial charge in [-0.05, 0) is 68.6 Å². The van der Waals surface area contributed by atoms with Gasteiger partial charge in [0.05, 0.1) is 5.60 Å². The molecule has 1 aromatic rings. The molecule has 0 spiro atoms. The number of halogens is 4. The lowest BCUT2D eigenvalue weighted by Crippen LogP contribution is -2.53. The number of hydrogen-bond acceptors (Lipinski definition) is 4. The Balaban J connectivity index is 1.38. The van der Waals surface area contributed by atoms with E-state index in [0.29, 0.717) is 31.1 Å². The second-order valence-electron chi connectivity index (χ2n) is 10.5. The first-order valence-electron chi connectivity index (χ1n) is 11.6. The third-order valence-electron chi connectivity index (χ3n) is 8.45. The molecule has 6 nitrogen and oxygen atoms in total. The van der Waals surface area contributed by atoms with E-state index in [0.717, 1.165) is 25.7 Å². The summed E-state index contributed by atoms with van der Waals surface area (Å²) in [6, 6.07) is -0.367. The molecule has 1 amide bonds. The molecule has 1 aromatic heterocycles. The molecule has 5 unspecified atom stereocenters. The summed E-state index contributed by atoms with van der Waals surface area (Å²) in [6.07, 6.45) is 1.20. The monoisotopic (exact) mass is 474 g/mol. The molecule has 4 saturated carbocycles. The van der Waals surface area contributed by atoms with Crippen molar-refractivity contribution < 1.29 is 23.1 Å². The molecule has 32 heavy (non-hydrogen) atoms. The number of amides is 1. The molecule has 1 heterocycles. The zero-order valence-corrected chi connectivity index (χ0v) is 19.1. The number of aryl methyl sites for hydroxylation is 1. The molecule has 0 aliphatic heterocycles. The van der Waals surface area contributed by atoms with Crippen molar-refractivity contribution in [3.63, 3.8) is 0 Å². The Morgan fingerprint density at radius 3 is 2.62 bits per heavy atom. The number of carbonyl (C=O) groups excluding carboxylic acids is 1. The van der Waals surface area contributed by atoms with Crippen LogP contribution in [0.15, 0.2) is 0 Å². The molecule has 6 atom stereocenters. The topological polar surface area (TPSA) is 70.4 Å². The SMILES string of the molecule is CC1CC2CC3(O)CC(CC23)[C@H]1NC(=O)c1nn(C)c(N(CC(F)(F)F)C2CCC2)c1Cl. The Labute approximate surface area is 190 Å². The maximum atomic E-state index is 13.3. The van der Waals surface area contributed by atoms with Gasteiger partial charge in [-0.2, -0.15) is 18.3 Å². The number of nitrogens with one attached hydrogen (secondary N) is 1. The van der Waals surface area contributed by atoms with Crippen molar-refractivity contribution >= 4 is 23.3 Å². The van der Waals surface area contributed by atoms with E-state index in [2.05, 4.69) is 17.3 Å². The van der Waals surface area contributed by atoms with Gasteiger partial charge in [-0.15, -0.1) is 0 Å². The molecule has 10 heteroatoms. The molecular weight excluding hydrogens is 445 g/mol. The molecule has 2 N–H and O–H groups in total.